The second-order valence-corrected chi connectivity index (χ2v) is 7.80. The third-order valence-electron chi connectivity index (χ3n) is 3.03. The van der Waals surface area contributed by atoms with Crippen molar-refractivity contribution in [1.82, 2.24) is 4.72 Å². The molecule has 0 saturated heterocycles. The maximum Gasteiger partial charge on any atom is 0.216 e. The molecule has 6 heteroatoms. The molecule has 1 aliphatic carbocycles. The lowest BCUT2D eigenvalue weighted by molar-refractivity contribution is 0.499. The van der Waals surface area contributed by atoms with Gasteiger partial charge in [-0.05, 0) is 33.6 Å². The van der Waals surface area contributed by atoms with E-state index in [9.17, 15) is 8.42 Å². The topological polar surface area (TPSA) is 96.0 Å². The molecule has 1 rings (SSSR count). The first-order valence-electron chi connectivity index (χ1n) is 5.51. The molecule has 2 unspecified atom stereocenters. The lowest BCUT2D eigenvalue weighted by Gasteiger charge is -2.25. The van der Waals surface area contributed by atoms with Crippen molar-refractivity contribution >= 4 is 15.9 Å². The van der Waals surface area contributed by atoms with Gasteiger partial charge in [0, 0.05) is 12.0 Å². The SMILES string of the molecule is CC(C)(C)S(=O)(=O)NC1CCCC1C(=N)N. The molecule has 4 N–H and O–H groups in total. The Balaban J connectivity index is 2.79. The van der Waals surface area contributed by atoms with Gasteiger partial charge in [0.05, 0.1) is 10.6 Å². The van der Waals surface area contributed by atoms with Gasteiger partial charge in [-0.2, -0.15) is 0 Å². The Kier molecular flexibility index (Phi) is 3.64. The molecule has 16 heavy (non-hydrogen) atoms. The Labute approximate surface area is 97.4 Å². The van der Waals surface area contributed by atoms with Gasteiger partial charge in [-0.3, -0.25) is 5.41 Å². The summed E-state index contributed by atoms with van der Waals surface area (Å²) in [6, 6.07) is -0.207. The first-order valence-corrected chi connectivity index (χ1v) is 6.99. The number of nitrogens with two attached hydrogens (primary N) is 1. The molecule has 0 heterocycles. The minimum Gasteiger partial charge on any atom is -0.387 e. The van der Waals surface area contributed by atoms with Crippen LogP contribution in [-0.4, -0.2) is 25.0 Å². The molecule has 0 radical (unpaired) electrons. The van der Waals surface area contributed by atoms with Crippen molar-refractivity contribution in [2.45, 2.75) is 50.8 Å². The summed E-state index contributed by atoms with van der Waals surface area (Å²) >= 11 is 0. The number of rotatable bonds is 3. The van der Waals surface area contributed by atoms with Crippen LogP contribution in [-0.2, 0) is 10.0 Å². The zero-order valence-corrected chi connectivity index (χ0v) is 10.9. The Morgan fingerprint density at radius 3 is 2.38 bits per heavy atom. The van der Waals surface area contributed by atoms with E-state index >= 15 is 0 Å². The zero-order chi connectivity index (χ0) is 12.6. The van der Waals surface area contributed by atoms with Crippen LogP contribution in [0.5, 0.6) is 0 Å². The van der Waals surface area contributed by atoms with Gasteiger partial charge >= 0.3 is 0 Å². The summed E-state index contributed by atoms with van der Waals surface area (Å²) in [7, 11) is -3.35. The lowest BCUT2D eigenvalue weighted by atomic mass is 10.0. The minimum atomic E-state index is -3.35. The summed E-state index contributed by atoms with van der Waals surface area (Å²) in [6.45, 7) is 4.98. The van der Waals surface area contributed by atoms with Crippen molar-refractivity contribution < 1.29 is 8.42 Å². The largest absolute Gasteiger partial charge is 0.387 e. The highest BCUT2D eigenvalue weighted by molar-refractivity contribution is 7.90. The molecule has 0 spiro atoms. The number of hydrogen-bond acceptors (Lipinski definition) is 3. The third-order valence-corrected chi connectivity index (χ3v) is 5.25. The standard InChI is InChI=1S/C10H21N3O2S/c1-10(2,3)16(14,15)13-8-6-4-5-7(8)9(11)12/h7-8,13H,4-6H2,1-3H3,(H3,11,12). The molecule has 1 fully saturated rings. The van der Waals surface area contributed by atoms with E-state index < -0.39 is 14.8 Å². The number of nitrogens with one attached hydrogen (secondary N) is 2. The molecule has 2 atom stereocenters. The van der Waals surface area contributed by atoms with E-state index in [2.05, 4.69) is 4.72 Å². The fraction of sp³-hybridized carbons (Fsp3) is 0.900. The van der Waals surface area contributed by atoms with Crippen LogP contribution in [0.4, 0.5) is 0 Å². The summed E-state index contributed by atoms with van der Waals surface area (Å²) in [5.41, 5.74) is 5.46. The van der Waals surface area contributed by atoms with E-state index in [-0.39, 0.29) is 17.8 Å². The van der Waals surface area contributed by atoms with Gasteiger partial charge in [0.25, 0.3) is 0 Å². The number of amidine groups is 1. The normalized spacial score (nSPS) is 26.9. The maximum absolute atomic E-state index is 12.0. The van der Waals surface area contributed by atoms with Gasteiger partial charge in [-0.1, -0.05) is 6.42 Å². The van der Waals surface area contributed by atoms with E-state index in [0.29, 0.717) is 0 Å². The number of sulfonamides is 1. The van der Waals surface area contributed by atoms with Crippen molar-refractivity contribution in [3.05, 3.63) is 0 Å². The highest BCUT2D eigenvalue weighted by Crippen LogP contribution is 2.27. The van der Waals surface area contributed by atoms with Gasteiger partial charge in [-0.25, -0.2) is 13.1 Å². The van der Waals surface area contributed by atoms with E-state index in [1.165, 1.54) is 0 Å². The number of hydrogen-bond donors (Lipinski definition) is 3. The van der Waals surface area contributed by atoms with Crippen molar-refractivity contribution in [2.24, 2.45) is 11.7 Å². The van der Waals surface area contributed by atoms with Gasteiger partial charge in [-0.15, -0.1) is 0 Å². The molecule has 5 nitrogen and oxygen atoms in total. The van der Waals surface area contributed by atoms with Crippen molar-refractivity contribution in [3.8, 4) is 0 Å². The summed E-state index contributed by atoms with van der Waals surface area (Å²) in [5, 5.41) is 7.43. The molecule has 0 aliphatic heterocycles. The molecule has 94 valence electrons. The third kappa shape index (κ3) is 2.74. The Hall–Kier alpha value is -0.620. The van der Waals surface area contributed by atoms with E-state index in [4.69, 9.17) is 11.1 Å². The average molecular weight is 247 g/mol. The van der Waals surface area contributed by atoms with Crippen LogP contribution >= 0.6 is 0 Å². The van der Waals surface area contributed by atoms with Crippen LogP contribution in [0.2, 0.25) is 0 Å². The molecular weight excluding hydrogens is 226 g/mol. The first-order chi connectivity index (χ1) is 7.15. The Bertz CT molecular complexity index is 370. The van der Waals surface area contributed by atoms with Crippen molar-refractivity contribution in [3.63, 3.8) is 0 Å². The van der Waals surface area contributed by atoms with E-state index in [1.807, 2.05) is 0 Å². The molecule has 0 bridgehead atoms. The minimum absolute atomic E-state index is 0.0825. The predicted molar refractivity (Wildman–Crippen MR) is 64.9 cm³/mol. The molecule has 1 aliphatic rings. The first kappa shape index (κ1) is 13.4. The molecular formula is C10H21N3O2S. The Morgan fingerprint density at radius 2 is 1.94 bits per heavy atom. The summed E-state index contributed by atoms with van der Waals surface area (Å²) in [4.78, 5) is 0. The smallest absolute Gasteiger partial charge is 0.216 e. The molecule has 0 amide bonds. The quantitative estimate of drug-likeness (QED) is 0.508. The zero-order valence-electron chi connectivity index (χ0n) is 10.1. The molecule has 0 aromatic heterocycles. The highest BCUT2D eigenvalue weighted by Gasteiger charge is 2.37. The van der Waals surface area contributed by atoms with Gasteiger partial charge in [0.15, 0.2) is 0 Å². The van der Waals surface area contributed by atoms with E-state index in [0.717, 1.165) is 19.3 Å². The van der Waals surface area contributed by atoms with Gasteiger partial charge in [0.1, 0.15) is 0 Å². The van der Waals surface area contributed by atoms with E-state index in [1.54, 1.807) is 20.8 Å². The molecule has 1 saturated carbocycles. The second-order valence-electron chi connectivity index (χ2n) is 5.33. The highest BCUT2D eigenvalue weighted by atomic mass is 32.2. The van der Waals surface area contributed by atoms with Crippen LogP contribution < -0.4 is 10.5 Å². The summed E-state index contributed by atoms with van der Waals surface area (Å²) in [6.07, 6.45) is 2.48. The van der Waals surface area contributed by atoms with Crippen LogP contribution in [0, 0.1) is 11.3 Å². The lowest BCUT2D eigenvalue weighted by Crippen LogP contribution is -2.48. The van der Waals surface area contributed by atoms with Crippen LogP contribution in [0.3, 0.4) is 0 Å². The summed E-state index contributed by atoms with van der Waals surface area (Å²) < 4.78 is 25.8. The van der Waals surface area contributed by atoms with Gasteiger partial charge < -0.3 is 5.73 Å². The Morgan fingerprint density at radius 1 is 1.38 bits per heavy atom. The fourth-order valence-corrected chi connectivity index (χ4v) is 2.88. The second kappa shape index (κ2) is 4.33. The van der Waals surface area contributed by atoms with Crippen molar-refractivity contribution in [2.75, 3.05) is 0 Å². The van der Waals surface area contributed by atoms with Crippen LogP contribution in [0.25, 0.3) is 0 Å². The van der Waals surface area contributed by atoms with Gasteiger partial charge in [0.2, 0.25) is 10.0 Å². The molecule has 0 aromatic carbocycles. The van der Waals surface area contributed by atoms with Crippen molar-refractivity contribution in [1.29, 1.82) is 5.41 Å². The average Bonchev–Trinajstić information content (AvgIpc) is 2.49. The monoisotopic (exact) mass is 247 g/mol. The summed E-state index contributed by atoms with van der Waals surface area (Å²) in [5.74, 6) is -0.0590. The maximum atomic E-state index is 12.0. The fourth-order valence-electron chi connectivity index (χ4n) is 1.85. The molecule has 0 aromatic rings. The van der Waals surface area contributed by atoms with Crippen LogP contribution in [0.1, 0.15) is 40.0 Å². The van der Waals surface area contributed by atoms with Crippen LogP contribution in [0.15, 0.2) is 0 Å². The predicted octanol–water partition coefficient (Wildman–Crippen LogP) is 0.809.